The van der Waals surface area contributed by atoms with Gasteiger partial charge in [0.15, 0.2) is 6.10 Å². The summed E-state index contributed by atoms with van der Waals surface area (Å²) < 4.78 is 34.1. The van der Waals surface area contributed by atoms with E-state index in [2.05, 4.69) is 56.4 Å². The van der Waals surface area contributed by atoms with E-state index in [9.17, 15) is 24.2 Å². The van der Waals surface area contributed by atoms with Crippen LogP contribution < -0.4 is 0 Å². The number of esters is 2. The molecule has 0 radical (unpaired) electrons. The number of carbonyl (C=O) groups excluding carboxylic acids is 2. The van der Waals surface area contributed by atoms with E-state index < -0.39 is 38.6 Å². The van der Waals surface area contributed by atoms with Crippen molar-refractivity contribution in [3.63, 3.8) is 0 Å². The lowest BCUT2D eigenvalue weighted by atomic mass is 10.1. The fraction of sp³-hybridized carbons (Fsp3) is 0.708. The number of allylic oxidation sites excluding steroid dienone is 11. The molecule has 3 atom stereocenters. The van der Waals surface area contributed by atoms with E-state index in [0.717, 1.165) is 32.1 Å². The lowest BCUT2D eigenvalue weighted by Gasteiger charge is -2.24. The van der Waals surface area contributed by atoms with E-state index in [0.29, 0.717) is 36.7 Å². The predicted octanol–water partition coefficient (Wildman–Crippen LogP) is 12.0. The molecule has 2 N–H and O–H groups in total. The molecule has 0 spiro atoms. The number of rotatable bonds is 40. The van der Waals surface area contributed by atoms with Crippen molar-refractivity contribution < 1.29 is 47.2 Å². The second-order valence-electron chi connectivity index (χ2n) is 16.3. The minimum atomic E-state index is -4.44. The van der Waals surface area contributed by atoms with Crippen molar-refractivity contribution in [1.82, 2.24) is 0 Å². The molecule has 0 amide bonds. The number of ether oxygens (including phenoxy) is 2. The molecule has 340 valence electrons. The van der Waals surface area contributed by atoms with Crippen LogP contribution in [0.3, 0.4) is 0 Å². The highest BCUT2D eigenvalue weighted by molar-refractivity contribution is 7.47. The summed E-state index contributed by atoms with van der Waals surface area (Å²) in [6, 6.07) is 0. The largest absolute Gasteiger partial charge is 0.472 e. The number of carbonyl (C=O) groups is 2. The van der Waals surface area contributed by atoms with Gasteiger partial charge in [-0.05, 0) is 70.6 Å². The second-order valence-corrected chi connectivity index (χ2v) is 17.7. The summed E-state index contributed by atoms with van der Waals surface area (Å²) in [5, 5.41) is 10.3. The quantitative estimate of drug-likeness (QED) is 0.0155. The van der Waals surface area contributed by atoms with Crippen molar-refractivity contribution in [3.8, 4) is 0 Å². The number of unbranched alkanes of at least 4 members (excludes halogenated alkanes) is 13. The maximum absolute atomic E-state index is 12.7. The Labute approximate surface area is 360 Å². The van der Waals surface area contributed by atoms with Crippen molar-refractivity contribution >= 4 is 19.8 Å². The first-order valence-corrected chi connectivity index (χ1v) is 24.3. The van der Waals surface area contributed by atoms with Gasteiger partial charge >= 0.3 is 19.8 Å². The Hall–Kier alpha value is -2.59. The van der Waals surface area contributed by atoms with Gasteiger partial charge in [-0.25, -0.2) is 4.57 Å². The topological polar surface area (TPSA) is 129 Å². The molecule has 0 aromatic rings. The minimum absolute atomic E-state index is 0.00951. The van der Waals surface area contributed by atoms with Gasteiger partial charge in [0.05, 0.1) is 33.9 Å². The Bertz CT molecular complexity index is 1250. The van der Waals surface area contributed by atoms with Crippen LogP contribution in [0, 0.1) is 0 Å². The number of hydrogen-bond donors (Lipinski definition) is 2. The van der Waals surface area contributed by atoms with E-state index in [1.807, 2.05) is 45.4 Å². The summed E-state index contributed by atoms with van der Waals surface area (Å²) in [6.45, 7) is 4.12. The number of aliphatic hydroxyl groups excluding tert-OH is 1. The summed E-state index contributed by atoms with van der Waals surface area (Å²) in [5.41, 5.74) is 0. The van der Waals surface area contributed by atoms with Gasteiger partial charge in [-0.1, -0.05) is 151 Å². The van der Waals surface area contributed by atoms with Crippen LogP contribution in [0.1, 0.15) is 162 Å². The molecule has 2 unspecified atom stereocenters. The van der Waals surface area contributed by atoms with Gasteiger partial charge in [0, 0.05) is 12.8 Å². The monoisotopic (exact) mass is 851 g/mol. The van der Waals surface area contributed by atoms with E-state index >= 15 is 0 Å². The predicted molar refractivity (Wildman–Crippen MR) is 244 cm³/mol. The standard InChI is InChI=1S/C48H84NO9P/c1-6-8-10-12-14-16-18-20-21-22-23-25-27-29-31-33-35-39-48(52)58-46(44-57-59(53,54)56-42-41-49(3,4)5)43-55-47(51)40-36-38-45(50)37-34-32-30-28-26-24-19-17-15-13-11-9-7-2/h20-21,23-26,29-32,34,37,45-46,50H,6-19,22,27-28,33,35-36,38-44H2,1-5H3/p+1/b21-20-,25-23-,26-24+,31-29-,32-30+,37-34+/t45?,46-/m1/s1. The summed E-state index contributed by atoms with van der Waals surface area (Å²) >= 11 is 0. The number of phosphoric acid groups is 1. The maximum atomic E-state index is 12.7. The normalized spacial score (nSPS) is 14.8. The average molecular weight is 851 g/mol. The zero-order valence-electron chi connectivity index (χ0n) is 37.8. The smallest absolute Gasteiger partial charge is 0.462 e. The molecule has 11 heteroatoms. The fourth-order valence-corrected chi connectivity index (χ4v) is 6.43. The Morgan fingerprint density at radius 2 is 1.12 bits per heavy atom. The average Bonchev–Trinajstić information content (AvgIpc) is 3.18. The van der Waals surface area contributed by atoms with Crippen molar-refractivity contribution in [2.24, 2.45) is 0 Å². The van der Waals surface area contributed by atoms with E-state index in [-0.39, 0.29) is 26.1 Å². The van der Waals surface area contributed by atoms with Gasteiger partial charge in [-0.3, -0.25) is 18.6 Å². The van der Waals surface area contributed by atoms with Gasteiger partial charge < -0.3 is 24.0 Å². The number of quaternary nitrogens is 1. The summed E-state index contributed by atoms with van der Waals surface area (Å²) in [6.07, 6.45) is 45.7. The van der Waals surface area contributed by atoms with Crippen LogP contribution in [-0.2, 0) is 32.7 Å². The van der Waals surface area contributed by atoms with Crippen LogP contribution in [0.25, 0.3) is 0 Å². The maximum Gasteiger partial charge on any atom is 0.472 e. The highest BCUT2D eigenvalue weighted by Crippen LogP contribution is 2.43. The minimum Gasteiger partial charge on any atom is -0.462 e. The SMILES string of the molecule is CCCCCCCC/C=C\C/C=C\C/C=C\CCCC(=O)O[C@H](COC(=O)CCCC(O)/C=C/C=C/C/C=C/CCCCCCCC)COP(=O)(O)OCC[N+](C)(C)C. The second kappa shape index (κ2) is 39.5. The first kappa shape index (κ1) is 56.4. The van der Waals surface area contributed by atoms with Crippen LogP contribution in [0.15, 0.2) is 72.9 Å². The molecular formula is C48H85NO9P+. The van der Waals surface area contributed by atoms with Gasteiger partial charge in [0.25, 0.3) is 0 Å². The number of likely N-dealkylation sites (N-methyl/N-ethyl adjacent to an activating group) is 1. The molecule has 0 aromatic carbocycles. The highest BCUT2D eigenvalue weighted by Gasteiger charge is 2.27. The Morgan fingerprint density at radius 3 is 1.69 bits per heavy atom. The van der Waals surface area contributed by atoms with Crippen LogP contribution in [0.5, 0.6) is 0 Å². The van der Waals surface area contributed by atoms with E-state index in [1.54, 1.807) is 6.08 Å². The van der Waals surface area contributed by atoms with Crippen LogP contribution in [-0.4, -0.2) is 86.1 Å². The summed E-state index contributed by atoms with van der Waals surface area (Å²) in [4.78, 5) is 35.4. The zero-order chi connectivity index (χ0) is 43.7. The lowest BCUT2D eigenvalue weighted by Crippen LogP contribution is -2.37. The first-order chi connectivity index (χ1) is 28.4. The molecule has 0 rings (SSSR count). The van der Waals surface area contributed by atoms with Gasteiger partial charge in [-0.15, -0.1) is 0 Å². The highest BCUT2D eigenvalue weighted by atomic mass is 31.2. The van der Waals surface area contributed by atoms with Crippen molar-refractivity contribution in [2.45, 2.75) is 174 Å². The van der Waals surface area contributed by atoms with Gasteiger partial charge in [0.1, 0.15) is 19.8 Å². The molecule has 0 aliphatic heterocycles. The molecule has 0 bridgehead atoms. The van der Waals surface area contributed by atoms with Gasteiger partial charge in [-0.2, -0.15) is 0 Å². The van der Waals surface area contributed by atoms with Crippen LogP contribution >= 0.6 is 7.82 Å². The molecule has 10 nitrogen and oxygen atoms in total. The summed E-state index contributed by atoms with van der Waals surface area (Å²) in [7, 11) is 1.34. The third-order valence-electron chi connectivity index (χ3n) is 9.31. The Balaban J connectivity index is 4.62. The number of nitrogens with zero attached hydrogens (tertiary/aromatic N) is 1. The van der Waals surface area contributed by atoms with E-state index in [4.69, 9.17) is 18.5 Å². The van der Waals surface area contributed by atoms with Crippen molar-refractivity contribution in [3.05, 3.63) is 72.9 Å². The third kappa shape index (κ3) is 43.3. The molecule has 0 saturated heterocycles. The van der Waals surface area contributed by atoms with Gasteiger partial charge in [0.2, 0.25) is 0 Å². The van der Waals surface area contributed by atoms with Crippen LogP contribution in [0.4, 0.5) is 0 Å². The molecule has 0 fully saturated rings. The summed E-state index contributed by atoms with van der Waals surface area (Å²) in [5.74, 6) is -1.06. The Morgan fingerprint density at radius 1 is 0.610 bits per heavy atom. The number of aliphatic hydroxyl groups is 1. The number of phosphoric ester groups is 1. The molecule has 0 heterocycles. The molecule has 0 aromatic heterocycles. The first-order valence-electron chi connectivity index (χ1n) is 22.8. The fourth-order valence-electron chi connectivity index (χ4n) is 5.68. The third-order valence-corrected chi connectivity index (χ3v) is 10.3. The van der Waals surface area contributed by atoms with Crippen molar-refractivity contribution in [1.29, 1.82) is 0 Å². The molecule has 59 heavy (non-hydrogen) atoms. The Kier molecular flexibility index (Phi) is 37.8. The molecular weight excluding hydrogens is 766 g/mol. The molecule has 0 aliphatic carbocycles. The van der Waals surface area contributed by atoms with Crippen molar-refractivity contribution in [2.75, 3.05) is 47.5 Å². The lowest BCUT2D eigenvalue weighted by molar-refractivity contribution is -0.870. The van der Waals surface area contributed by atoms with Crippen LogP contribution in [0.2, 0.25) is 0 Å². The molecule has 0 saturated carbocycles. The number of hydrogen-bond acceptors (Lipinski definition) is 8. The van der Waals surface area contributed by atoms with E-state index in [1.165, 1.54) is 77.0 Å². The zero-order valence-corrected chi connectivity index (χ0v) is 38.7. The molecule has 0 aliphatic rings.